The van der Waals surface area contributed by atoms with Crippen LogP contribution in [-0.4, -0.2) is 77.9 Å². The molecule has 2 unspecified atom stereocenters. The molecule has 36 heavy (non-hydrogen) atoms. The highest BCUT2D eigenvalue weighted by Crippen LogP contribution is 2.39. The van der Waals surface area contributed by atoms with Gasteiger partial charge in [0.15, 0.2) is 17.2 Å². The Morgan fingerprint density at radius 2 is 2.11 bits per heavy atom. The fraction of sp³-hybridized carbons (Fsp3) is 0.412. The largest absolute Gasteiger partial charge is 0.534 e. The third kappa shape index (κ3) is 5.19. The number of aliphatic carboxylic acids is 1. The molecule has 3 rings (SSSR count). The smallest absolute Gasteiger partial charge is 0.476 e. The van der Waals surface area contributed by atoms with Gasteiger partial charge in [0.1, 0.15) is 28.2 Å². The molecule has 1 saturated heterocycles. The molecule has 2 N–H and O–H groups in total. The number of fused-ring (bicyclic) bond motifs is 1. The van der Waals surface area contributed by atoms with Gasteiger partial charge < -0.3 is 19.4 Å². The number of hydrogen-bond acceptors (Lipinski definition) is 10. The van der Waals surface area contributed by atoms with Crippen LogP contribution in [0.4, 0.5) is 13.2 Å². The Hall–Kier alpha value is -2.75. The maximum absolute atomic E-state index is 12.9. The summed E-state index contributed by atoms with van der Waals surface area (Å²) in [4.78, 5) is 46.7. The second-order valence-corrected chi connectivity index (χ2v) is 11.0. The number of halogens is 4. The van der Waals surface area contributed by atoms with Gasteiger partial charge in [-0.2, -0.15) is 21.6 Å². The Balaban J connectivity index is 1.85. The maximum atomic E-state index is 12.9. The molecule has 1 fully saturated rings. The van der Waals surface area contributed by atoms with E-state index in [9.17, 15) is 41.1 Å². The number of carboxylic acid groups (broad SMARTS) is 1. The first kappa shape index (κ1) is 27.8. The van der Waals surface area contributed by atoms with Gasteiger partial charge in [-0.25, -0.2) is 9.78 Å². The zero-order chi connectivity index (χ0) is 27.0. The number of hydrogen-bond donors (Lipinski definition) is 2. The Bertz CT molecular complexity index is 1300. The molecule has 3 heterocycles. The van der Waals surface area contributed by atoms with Crippen molar-refractivity contribution in [1.82, 2.24) is 15.2 Å². The van der Waals surface area contributed by atoms with Crippen molar-refractivity contribution in [2.45, 2.75) is 36.6 Å². The number of carbonyl (C=O) groups excluding carboxylic acids is 2. The zero-order valence-electron chi connectivity index (χ0n) is 17.9. The van der Waals surface area contributed by atoms with Crippen LogP contribution < -0.4 is 5.32 Å². The number of carboxylic acids is 1. The summed E-state index contributed by atoms with van der Waals surface area (Å²) in [7, 11) is -4.27. The summed E-state index contributed by atoms with van der Waals surface area (Å²) in [6, 6.07) is -2.31. The third-order valence-electron chi connectivity index (χ3n) is 4.87. The first-order valence-electron chi connectivity index (χ1n) is 9.53. The summed E-state index contributed by atoms with van der Waals surface area (Å²) in [6.45, 7) is 0. The Morgan fingerprint density at radius 1 is 1.44 bits per heavy atom. The molecule has 2 atom stereocenters. The first-order valence-corrected chi connectivity index (χ1v) is 13.4. The van der Waals surface area contributed by atoms with Crippen molar-refractivity contribution in [2.24, 2.45) is 5.16 Å². The fourth-order valence-corrected chi connectivity index (χ4v) is 5.73. The van der Waals surface area contributed by atoms with E-state index in [0.717, 1.165) is 26.7 Å². The van der Waals surface area contributed by atoms with Crippen LogP contribution >= 0.6 is 31.1 Å². The number of allylic oxidation sites excluding steroid dienone is 1. The van der Waals surface area contributed by atoms with E-state index in [2.05, 4.69) is 30.8 Å². The molecule has 0 aromatic carbocycles. The van der Waals surface area contributed by atoms with Crippen LogP contribution in [0, 0.1) is 0 Å². The van der Waals surface area contributed by atoms with Gasteiger partial charge in [-0.1, -0.05) is 23.1 Å². The quantitative estimate of drug-likeness (QED) is 0.109. The normalized spacial score (nSPS) is 20.6. The number of aromatic nitrogens is 1. The van der Waals surface area contributed by atoms with Crippen molar-refractivity contribution in [3.8, 4) is 0 Å². The van der Waals surface area contributed by atoms with Crippen molar-refractivity contribution in [1.29, 1.82) is 0 Å². The average Bonchev–Trinajstić information content (AvgIpc) is 3.13. The SMILES string of the molecule is C=PCc1nc(C(=NOC)C(=O)NC2C(=O)N3C(C(=O)O)=C(OS(=O)(=O)C(F)(F)F)CCC23)c(Cl)s1. The molecule has 2 aliphatic rings. The number of rotatable bonds is 9. The van der Waals surface area contributed by atoms with Gasteiger partial charge in [0.2, 0.25) is 0 Å². The standard InChI is InChI=1S/C17H15ClF3N4O8PS2/c1-32-24-11(10-13(18)35-8(22-10)5-34-2)14(26)23-9-6-3-4-7(33-36(30,31)17(19,20)21)12(16(28)29)25(6)15(9)27/h6,9H,2-5H2,1H3,(H,23,26)(H,28,29). The lowest BCUT2D eigenvalue weighted by atomic mass is 9.85. The molecule has 1 aromatic rings. The highest BCUT2D eigenvalue weighted by molar-refractivity contribution is 7.87. The summed E-state index contributed by atoms with van der Waals surface area (Å²) in [6.07, 6.45) is 3.34. The zero-order valence-corrected chi connectivity index (χ0v) is 21.2. The highest BCUT2D eigenvalue weighted by atomic mass is 35.5. The number of amides is 2. The molecular weight excluding hydrogens is 576 g/mol. The van der Waals surface area contributed by atoms with Crippen LogP contribution in [0.15, 0.2) is 16.6 Å². The van der Waals surface area contributed by atoms with E-state index in [4.69, 9.17) is 11.6 Å². The molecule has 2 aliphatic heterocycles. The second kappa shape index (κ2) is 10.3. The lowest BCUT2D eigenvalue weighted by molar-refractivity contribution is -0.156. The minimum Gasteiger partial charge on any atom is -0.476 e. The van der Waals surface area contributed by atoms with Gasteiger partial charge in [-0.15, -0.1) is 19.5 Å². The number of nitrogens with one attached hydrogen (secondary N) is 1. The van der Waals surface area contributed by atoms with Crippen molar-refractivity contribution in [2.75, 3.05) is 7.11 Å². The second-order valence-electron chi connectivity index (χ2n) is 7.06. The molecule has 0 spiro atoms. The highest BCUT2D eigenvalue weighted by Gasteiger charge is 2.56. The molecule has 0 bridgehead atoms. The van der Waals surface area contributed by atoms with Crippen molar-refractivity contribution in [3.05, 3.63) is 26.5 Å². The molecule has 2 amide bonds. The van der Waals surface area contributed by atoms with Crippen molar-refractivity contribution < 1.29 is 50.1 Å². The van der Waals surface area contributed by atoms with Crippen LogP contribution in [0.2, 0.25) is 4.34 Å². The minimum atomic E-state index is -6.17. The third-order valence-corrected chi connectivity index (χ3v) is 7.85. The minimum absolute atomic E-state index is 0.0221. The van der Waals surface area contributed by atoms with Crippen LogP contribution in [0.1, 0.15) is 23.5 Å². The Labute approximate surface area is 211 Å². The number of nitrogens with zero attached hydrogens (tertiary/aromatic N) is 3. The van der Waals surface area contributed by atoms with Gasteiger partial charge >= 0.3 is 21.6 Å². The Morgan fingerprint density at radius 3 is 2.67 bits per heavy atom. The predicted molar refractivity (Wildman–Crippen MR) is 121 cm³/mol. The average molecular weight is 591 g/mol. The lowest BCUT2D eigenvalue weighted by Gasteiger charge is -2.49. The number of β-lactam (4-membered cyclic amide) rings is 1. The summed E-state index contributed by atoms with van der Waals surface area (Å²) in [5, 5.41) is 16.0. The van der Waals surface area contributed by atoms with E-state index in [1.165, 1.54) is 0 Å². The molecule has 0 radical (unpaired) electrons. The van der Waals surface area contributed by atoms with Crippen LogP contribution in [0.3, 0.4) is 0 Å². The molecule has 0 saturated carbocycles. The lowest BCUT2D eigenvalue weighted by Crippen LogP contribution is -2.72. The molecule has 196 valence electrons. The first-order chi connectivity index (χ1) is 16.7. The fourth-order valence-electron chi connectivity index (χ4n) is 3.44. The number of alkyl halides is 3. The molecule has 1 aromatic heterocycles. The summed E-state index contributed by atoms with van der Waals surface area (Å²) in [5.74, 6) is -4.90. The summed E-state index contributed by atoms with van der Waals surface area (Å²) >= 11 is 7.24. The number of thiazole rings is 1. The van der Waals surface area contributed by atoms with Crippen molar-refractivity contribution in [3.63, 3.8) is 0 Å². The van der Waals surface area contributed by atoms with Gasteiger partial charge in [-0.05, 0) is 6.42 Å². The topological polar surface area (TPSA) is 165 Å². The van der Waals surface area contributed by atoms with Gasteiger partial charge in [-0.3, -0.25) is 14.5 Å². The molecule has 19 heteroatoms. The monoisotopic (exact) mass is 590 g/mol. The van der Waals surface area contributed by atoms with Crippen LogP contribution in [0.25, 0.3) is 0 Å². The van der Waals surface area contributed by atoms with Crippen LogP contribution in [0.5, 0.6) is 0 Å². The molecule has 12 nitrogen and oxygen atoms in total. The van der Waals surface area contributed by atoms with E-state index >= 15 is 0 Å². The van der Waals surface area contributed by atoms with Crippen molar-refractivity contribution >= 4 is 71.1 Å². The maximum Gasteiger partial charge on any atom is 0.534 e. The van der Waals surface area contributed by atoms with E-state index < -0.39 is 63.4 Å². The van der Waals surface area contributed by atoms with E-state index in [1.807, 2.05) is 0 Å². The predicted octanol–water partition coefficient (Wildman–Crippen LogP) is 1.68. The summed E-state index contributed by atoms with van der Waals surface area (Å²) in [5.41, 5.74) is -7.27. The molecular formula is C17H15ClF3N4O8PS2. The van der Waals surface area contributed by atoms with Gasteiger partial charge in [0, 0.05) is 12.6 Å². The number of carbonyl (C=O) groups is 3. The Kier molecular flexibility index (Phi) is 7.98. The van der Waals surface area contributed by atoms with Gasteiger partial charge in [0.05, 0.1) is 6.04 Å². The summed E-state index contributed by atoms with van der Waals surface area (Å²) < 4.78 is 64.9. The molecule has 0 aliphatic carbocycles. The van der Waals surface area contributed by atoms with Crippen LogP contribution in [-0.2, 0) is 39.7 Å². The van der Waals surface area contributed by atoms with Gasteiger partial charge in [0.25, 0.3) is 11.8 Å². The van der Waals surface area contributed by atoms with E-state index in [-0.39, 0.29) is 22.2 Å². The number of oxime groups is 1. The van der Waals surface area contributed by atoms with E-state index in [0.29, 0.717) is 16.1 Å². The van der Waals surface area contributed by atoms with E-state index in [1.54, 1.807) is 0 Å².